The predicted molar refractivity (Wildman–Crippen MR) is 57.0 cm³/mol. The number of likely N-dealkylation sites (N-methyl/N-ethyl adjacent to an activating group) is 1. The van der Waals surface area contributed by atoms with E-state index in [1.165, 1.54) is 4.90 Å². The molecule has 0 fully saturated rings. The van der Waals surface area contributed by atoms with Gasteiger partial charge in [-0.2, -0.15) is 1.33 Å². The van der Waals surface area contributed by atoms with Crippen molar-refractivity contribution in [2.75, 3.05) is 20.6 Å². The highest BCUT2D eigenvalue weighted by Crippen LogP contribution is 2.05. The van der Waals surface area contributed by atoms with Gasteiger partial charge in [-0.15, -0.1) is 0 Å². The molecule has 0 saturated carbocycles. The third-order valence-corrected chi connectivity index (χ3v) is 2.19. The monoisotopic (exact) mass is 482 g/mol. The maximum Gasteiger partial charge on any atom is 0.0987 e. The average molecular weight is 482 g/mol. The fourth-order valence-electron chi connectivity index (χ4n) is 0.390. The van der Waals surface area contributed by atoms with E-state index < -0.39 is 0 Å². The molecule has 0 aromatic heterocycles. The Bertz CT molecular complexity index is 77.3. The second-order valence-electron chi connectivity index (χ2n) is 2.46. The maximum absolute atomic E-state index is 2.30. The molecule has 0 rings (SSSR count). The van der Waals surface area contributed by atoms with Crippen molar-refractivity contribution in [3.63, 3.8) is 0 Å². The largest absolute Gasteiger partial charge is 1.00 e. The van der Waals surface area contributed by atoms with E-state index in [1.807, 2.05) is 0 Å². The maximum atomic E-state index is 2.30. The molecule has 0 radical (unpaired) electrons. The molecule has 1 N–H and O–H groups in total. The smallest absolute Gasteiger partial charge is 0.0987 e. The van der Waals surface area contributed by atoms with E-state index >= 15 is 0 Å². The molecule has 0 saturated heterocycles. The second kappa shape index (κ2) is 7.74. The fraction of sp³-hybridized carbons (Fsp3) is 1.00. The third kappa shape index (κ3) is 8.21. The first kappa shape index (κ1) is 14.6. The standard InChI is InChI=1S/C5H12I2N2.HI/c1-5(8(2)3)4-9(6)7;/h5H,4H2,1-3H3;1H. The lowest BCUT2D eigenvalue weighted by molar-refractivity contribution is -0.882. The Balaban J connectivity index is 0. The number of hydrogen-bond donors (Lipinski definition) is 1. The molecule has 0 amide bonds. The van der Waals surface area contributed by atoms with Gasteiger partial charge in [-0.05, 0) is 6.92 Å². The topological polar surface area (TPSA) is 7.68 Å². The highest BCUT2D eigenvalue weighted by molar-refractivity contribution is 14.2. The Morgan fingerprint density at radius 3 is 1.90 bits per heavy atom. The quantitative estimate of drug-likeness (QED) is 0.347. The molecular weight excluding hydrogens is 469 g/mol. The van der Waals surface area contributed by atoms with Gasteiger partial charge in [-0.3, -0.25) is 0 Å². The first-order chi connectivity index (χ1) is 4.04. The molecular formula is C5H13I3N2. The van der Waals surface area contributed by atoms with Gasteiger partial charge in [0.25, 0.3) is 0 Å². The Morgan fingerprint density at radius 2 is 1.80 bits per heavy atom. The molecule has 64 valence electrons. The number of nitrogens with one attached hydrogen (secondary N) is 1. The van der Waals surface area contributed by atoms with E-state index in [2.05, 4.69) is 68.1 Å². The van der Waals surface area contributed by atoms with Crippen LogP contribution in [0.1, 0.15) is 6.92 Å². The first-order valence-electron chi connectivity index (χ1n) is 2.93. The summed E-state index contributed by atoms with van der Waals surface area (Å²) in [6.07, 6.45) is 0. The van der Waals surface area contributed by atoms with Crippen LogP contribution in [0.15, 0.2) is 0 Å². The normalized spacial score (nSPS) is 13.5. The number of quaternary nitrogens is 1. The van der Waals surface area contributed by atoms with Crippen LogP contribution in [0.3, 0.4) is 0 Å². The van der Waals surface area contributed by atoms with Gasteiger partial charge in [0.1, 0.15) is 0 Å². The molecule has 10 heavy (non-hydrogen) atoms. The van der Waals surface area contributed by atoms with Gasteiger partial charge in [-0.25, -0.2) is 0 Å². The Hall–Kier alpha value is 2.11. The number of halogens is 3. The van der Waals surface area contributed by atoms with Gasteiger partial charge in [0, 0.05) is 45.7 Å². The highest BCUT2D eigenvalue weighted by Gasteiger charge is 2.09. The predicted octanol–water partition coefficient (Wildman–Crippen LogP) is -2.47. The van der Waals surface area contributed by atoms with Crippen LogP contribution in [0.25, 0.3) is 0 Å². The minimum atomic E-state index is 0. The summed E-state index contributed by atoms with van der Waals surface area (Å²) in [4.78, 5) is 1.51. The number of hydrogen-bond acceptors (Lipinski definition) is 1. The van der Waals surface area contributed by atoms with E-state index in [-0.39, 0.29) is 24.0 Å². The number of nitrogens with zero attached hydrogens (tertiary/aromatic N) is 1. The van der Waals surface area contributed by atoms with Crippen LogP contribution in [-0.4, -0.2) is 28.0 Å². The van der Waals surface area contributed by atoms with E-state index in [9.17, 15) is 0 Å². The molecule has 0 heterocycles. The van der Waals surface area contributed by atoms with Crippen molar-refractivity contribution in [3.8, 4) is 0 Å². The van der Waals surface area contributed by atoms with Crippen molar-refractivity contribution in [1.29, 1.82) is 0 Å². The van der Waals surface area contributed by atoms with Crippen LogP contribution in [0, 0.1) is 0 Å². The molecule has 1 unspecified atom stereocenters. The van der Waals surface area contributed by atoms with Crippen molar-refractivity contribution in [3.05, 3.63) is 0 Å². The minimum Gasteiger partial charge on any atom is -1.00 e. The van der Waals surface area contributed by atoms with Gasteiger partial charge in [-0.1, -0.05) is 0 Å². The molecule has 0 aliphatic rings. The van der Waals surface area contributed by atoms with Crippen molar-refractivity contribution >= 4 is 45.7 Å². The van der Waals surface area contributed by atoms with E-state index in [1.54, 1.807) is 0 Å². The molecule has 0 aliphatic heterocycles. The van der Waals surface area contributed by atoms with Gasteiger partial charge in [0.2, 0.25) is 0 Å². The van der Waals surface area contributed by atoms with Crippen LogP contribution < -0.4 is 28.9 Å². The zero-order valence-corrected chi connectivity index (χ0v) is 12.8. The van der Waals surface area contributed by atoms with Crippen LogP contribution in [-0.2, 0) is 0 Å². The molecule has 0 spiro atoms. The summed E-state index contributed by atoms with van der Waals surface area (Å²) in [5.74, 6) is 0. The summed E-state index contributed by atoms with van der Waals surface area (Å²) in [5.41, 5.74) is 0. The summed E-state index contributed by atoms with van der Waals surface area (Å²) in [5, 5.41) is 0. The molecule has 1 atom stereocenters. The fourth-order valence-corrected chi connectivity index (χ4v) is 1.57. The molecule has 2 nitrogen and oxygen atoms in total. The van der Waals surface area contributed by atoms with Gasteiger partial charge in [0.05, 0.1) is 26.7 Å². The van der Waals surface area contributed by atoms with E-state index in [4.69, 9.17) is 0 Å². The van der Waals surface area contributed by atoms with Crippen LogP contribution in [0.5, 0.6) is 0 Å². The first-order valence-corrected chi connectivity index (χ1v) is 4.86. The van der Waals surface area contributed by atoms with Crippen molar-refractivity contribution in [2.24, 2.45) is 0 Å². The van der Waals surface area contributed by atoms with Crippen molar-refractivity contribution in [1.82, 2.24) is 1.33 Å². The zero-order chi connectivity index (χ0) is 7.44. The Labute approximate surface area is 108 Å². The molecule has 0 aromatic carbocycles. The molecule has 0 aliphatic carbocycles. The van der Waals surface area contributed by atoms with E-state index in [0.717, 1.165) is 12.6 Å². The van der Waals surface area contributed by atoms with Crippen molar-refractivity contribution < 1.29 is 28.9 Å². The average Bonchev–Trinajstić information content (AvgIpc) is 1.63. The SMILES string of the molecule is CC(CN(I)I)[NH+](C)C.[I-]. The summed E-state index contributed by atoms with van der Waals surface area (Å²) in [6.45, 7) is 3.39. The highest BCUT2D eigenvalue weighted by atomic mass is 127. The number of rotatable bonds is 3. The van der Waals surface area contributed by atoms with Crippen LogP contribution in [0.2, 0.25) is 0 Å². The summed E-state index contributed by atoms with van der Waals surface area (Å²) in [7, 11) is 4.36. The lowest BCUT2D eigenvalue weighted by atomic mass is 10.3. The van der Waals surface area contributed by atoms with Gasteiger partial charge >= 0.3 is 0 Å². The lowest BCUT2D eigenvalue weighted by Crippen LogP contribution is -3.10. The Kier molecular flexibility index (Phi) is 11.3. The summed E-state index contributed by atoms with van der Waals surface area (Å²) >= 11 is 4.60. The summed E-state index contributed by atoms with van der Waals surface area (Å²) in [6, 6.07) is 0.721. The second-order valence-corrected chi connectivity index (χ2v) is 6.64. The Morgan fingerprint density at radius 1 is 1.40 bits per heavy atom. The third-order valence-electron chi connectivity index (χ3n) is 1.40. The van der Waals surface area contributed by atoms with Crippen LogP contribution >= 0.6 is 45.7 Å². The summed E-state index contributed by atoms with van der Waals surface area (Å²) < 4.78 is 2.16. The lowest BCUT2D eigenvalue weighted by Gasteiger charge is -2.17. The minimum absolute atomic E-state index is 0. The van der Waals surface area contributed by atoms with Crippen molar-refractivity contribution in [2.45, 2.75) is 13.0 Å². The van der Waals surface area contributed by atoms with Crippen LogP contribution in [0.4, 0.5) is 0 Å². The van der Waals surface area contributed by atoms with Gasteiger partial charge < -0.3 is 28.9 Å². The zero-order valence-electron chi connectivity index (χ0n) is 6.37. The van der Waals surface area contributed by atoms with E-state index in [0.29, 0.717) is 0 Å². The van der Waals surface area contributed by atoms with Gasteiger partial charge in [0.15, 0.2) is 0 Å². The molecule has 0 bridgehead atoms. The molecule has 5 heteroatoms. The molecule has 0 aromatic rings.